The molecule has 2 rings (SSSR count). The molecular weight excluding hydrogens is 329 g/mol. The Hall–Kier alpha value is -2.24. The van der Waals surface area contributed by atoms with Gasteiger partial charge in [-0.05, 0) is 30.3 Å². The van der Waals surface area contributed by atoms with Gasteiger partial charge >= 0.3 is 5.97 Å². The molecule has 0 unspecified atom stereocenters. The molecule has 0 radical (unpaired) electrons. The summed E-state index contributed by atoms with van der Waals surface area (Å²) in [6, 6.07) is 10.7. The fourth-order valence-corrected chi connectivity index (χ4v) is 2.26. The van der Waals surface area contributed by atoms with Crippen LogP contribution in [0, 0.1) is 0 Å². The largest absolute Gasteiger partial charge is 0.483 e. The summed E-state index contributed by atoms with van der Waals surface area (Å²) in [4.78, 5) is 22.8. The number of carbonyl (C=O) groups excluding carboxylic acids is 1. The van der Waals surface area contributed by atoms with Gasteiger partial charge in [0.2, 0.25) is 0 Å². The molecule has 2 N–H and O–H groups in total. The number of benzene rings is 2. The van der Waals surface area contributed by atoms with Crippen molar-refractivity contribution in [1.29, 1.82) is 0 Å². The molecule has 0 heterocycles. The quantitative estimate of drug-likeness (QED) is 0.870. The number of amides is 1. The van der Waals surface area contributed by atoms with Crippen LogP contribution in [-0.2, 0) is 4.79 Å². The molecule has 22 heavy (non-hydrogen) atoms. The maximum Gasteiger partial charge on any atom is 0.339 e. The van der Waals surface area contributed by atoms with Crippen LogP contribution in [0.2, 0.25) is 10.0 Å². The van der Waals surface area contributed by atoms with E-state index in [1.807, 2.05) is 0 Å². The third-order valence-corrected chi connectivity index (χ3v) is 3.06. The normalized spacial score (nSPS) is 10.1. The third-order valence-electron chi connectivity index (χ3n) is 2.62. The molecule has 114 valence electrons. The van der Waals surface area contributed by atoms with Crippen molar-refractivity contribution in [3.05, 3.63) is 58.1 Å². The van der Waals surface area contributed by atoms with Gasteiger partial charge in [-0.2, -0.15) is 0 Å². The van der Waals surface area contributed by atoms with Gasteiger partial charge in [-0.15, -0.1) is 0 Å². The van der Waals surface area contributed by atoms with Gasteiger partial charge < -0.3 is 15.2 Å². The lowest BCUT2D eigenvalue weighted by molar-refractivity contribution is -0.118. The fourth-order valence-electron chi connectivity index (χ4n) is 1.74. The van der Waals surface area contributed by atoms with Gasteiger partial charge in [0, 0.05) is 15.7 Å². The molecule has 0 aliphatic heterocycles. The predicted octanol–water partition coefficient (Wildman–Crippen LogP) is 3.71. The van der Waals surface area contributed by atoms with Crippen LogP contribution in [0.25, 0.3) is 0 Å². The maximum absolute atomic E-state index is 11.8. The second-order valence-electron chi connectivity index (χ2n) is 4.30. The number of hydrogen-bond donors (Lipinski definition) is 2. The van der Waals surface area contributed by atoms with Gasteiger partial charge in [0.15, 0.2) is 6.61 Å². The van der Waals surface area contributed by atoms with Crippen molar-refractivity contribution in [2.45, 2.75) is 0 Å². The van der Waals surface area contributed by atoms with Crippen LogP contribution in [0.15, 0.2) is 42.5 Å². The lowest BCUT2D eigenvalue weighted by Gasteiger charge is -2.10. The summed E-state index contributed by atoms with van der Waals surface area (Å²) in [5.74, 6) is -1.47. The summed E-state index contributed by atoms with van der Waals surface area (Å²) in [5.41, 5.74) is 0.415. The van der Waals surface area contributed by atoms with Crippen LogP contribution in [0.4, 0.5) is 5.69 Å². The van der Waals surface area contributed by atoms with Crippen molar-refractivity contribution < 1.29 is 19.4 Å². The number of aromatic carboxylic acids is 1. The predicted molar refractivity (Wildman–Crippen MR) is 84.0 cm³/mol. The Labute approximate surface area is 136 Å². The van der Waals surface area contributed by atoms with Crippen LogP contribution in [0.3, 0.4) is 0 Å². The van der Waals surface area contributed by atoms with Gasteiger partial charge in [-0.25, -0.2) is 4.79 Å². The van der Waals surface area contributed by atoms with E-state index in [2.05, 4.69) is 5.32 Å². The van der Waals surface area contributed by atoms with Gasteiger partial charge in [-0.1, -0.05) is 35.3 Å². The van der Waals surface area contributed by atoms with Gasteiger partial charge in [-0.3, -0.25) is 4.79 Å². The van der Waals surface area contributed by atoms with Crippen LogP contribution >= 0.6 is 23.2 Å². The Kier molecular flexibility index (Phi) is 5.25. The fraction of sp³-hybridized carbons (Fsp3) is 0.0667. The van der Waals surface area contributed by atoms with Crippen molar-refractivity contribution in [2.75, 3.05) is 11.9 Å². The number of carboxylic acids is 1. The Balaban J connectivity index is 2.00. The highest BCUT2D eigenvalue weighted by atomic mass is 35.5. The Morgan fingerprint density at radius 2 is 1.73 bits per heavy atom. The average Bonchev–Trinajstić information content (AvgIpc) is 2.44. The maximum atomic E-state index is 11.8. The summed E-state index contributed by atoms with van der Waals surface area (Å²) >= 11 is 11.7. The molecule has 5 nitrogen and oxygen atoms in total. The van der Waals surface area contributed by atoms with Gasteiger partial charge in [0.05, 0.1) is 0 Å². The number of para-hydroxylation sites is 1. The Morgan fingerprint density at radius 3 is 2.36 bits per heavy atom. The molecule has 1 amide bonds. The third kappa shape index (κ3) is 4.38. The number of halogens is 2. The van der Waals surface area contributed by atoms with E-state index in [-0.39, 0.29) is 17.9 Å². The summed E-state index contributed by atoms with van der Waals surface area (Å²) in [6.07, 6.45) is 0. The molecule has 0 aliphatic carbocycles. The van der Waals surface area contributed by atoms with Crippen molar-refractivity contribution >= 4 is 40.8 Å². The smallest absolute Gasteiger partial charge is 0.339 e. The van der Waals surface area contributed by atoms with Gasteiger partial charge in [0.1, 0.15) is 11.3 Å². The molecule has 0 spiro atoms. The monoisotopic (exact) mass is 339 g/mol. The van der Waals surface area contributed by atoms with E-state index in [1.165, 1.54) is 24.3 Å². The number of carbonyl (C=O) groups is 2. The topological polar surface area (TPSA) is 75.6 Å². The Morgan fingerprint density at radius 1 is 1.09 bits per heavy atom. The van der Waals surface area contributed by atoms with Crippen LogP contribution in [-0.4, -0.2) is 23.6 Å². The zero-order valence-electron chi connectivity index (χ0n) is 11.2. The highest BCUT2D eigenvalue weighted by Crippen LogP contribution is 2.22. The summed E-state index contributed by atoms with van der Waals surface area (Å²) < 4.78 is 5.23. The highest BCUT2D eigenvalue weighted by molar-refractivity contribution is 6.35. The zero-order valence-corrected chi connectivity index (χ0v) is 12.7. The summed E-state index contributed by atoms with van der Waals surface area (Å²) in [7, 11) is 0. The minimum Gasteiger partial charge on any atom is -0.483 e. The van der Waals surface area contributed by atoms with Crippen molar-refractivity contribution in [3.8, 4) is 5.75 Å². The summed E-state index contributed by atoms with van der Waals surface area (Å²) in [5, 5.41) is 12.4. The second-order valence-corrected chi connectivity index (χ2v) is 5.17. The second kappa shape index (κ2) is 7.15. The lowest BCUT2D eigenvalue weighted by atomic mass is 10.2. The molecular formula is C15H11Cl2NO4. The Bertz CT molecular complexity index is 698. The van der Waals surface area contributed by atoms with Crippen molar-refractivity contribution in [3.63, 3.8) is 0 Å². The number of nitrogens with one attached hydrogen (secondary N) is 1. The molecule has 7 heteroatoms. The van der Waals surface area contributed by atoms with Gasteiger partial charge in [0.25, 0.3) is 5.91 Å². The first-order chi connectivity index (χ1) is 10.5. The molecule has 0 atom stereocenters. The molecule has 0 saturated heterocycles. The molecule has 0 bridgehead atoms. The zero-order chi connectivity index (χ0) is 16.1. The van der Waals surface area contributed by atoms with Crippen LogP contribution in [0.1, 0.15) is 10.4 Å². The number of ether oxygens (including phenoxy) is 1. The minimum atomic E-state index is -1.13. The lowest BCUT2D eigenvalue weighted by Crippen LogP contribution is -2.20. The molecule has 2 aromatic rings. The van der Waals surface area contributed by atoms with E-state index in [0.717, 1.165) is 0 Å². The average molecular weight is 340 g/mol. The van der Waals surface area contributed by atoms with E-state index in [4.69, 9.17) is 33.0 Å². The van der Waals surface area contributed by atoms with Crippen molar-refractivity contribution in [1.82, 2.24) is 0 Å². The standard InChI is InChI=1S/C15H11Cl2NO4/c16-9-5-10(17)7-11(6-9)18-14(19)8-22-13-4-2-1-3-12(13)15(20)21/h1-7H,8H2,(H,18,19)(H,20,21). The minimum absolute atomic E-state index is 0.0129. The highest BCUT2D eigenvalue weighted by Gasteiger charge is 2.12. The molecule has 0 aliphatic rings. The molecule has 2 aromatic carbocycles. The number of carboxylic acid groups (broad SMARTS) is 1. The van der Waals surface area contributed by atoms with Crippen molar-refractivity contribution in [2.24, 2.45) is 0 Å². The number of rotatable bonds is 5. The first-order valence-corrected chi connectivity index (χ1v) is 6.92. The SMILES string of the molecule is O=C(COc1ccccc1C(=O)O)Nc1cc(Cl)cc(Cl)c1. The van der Waals surface area contributed by atoms with E-state index >= 15 is 0 Å². The number of anilines is 1. The van der Waals surface area contributed by atoms with Crippen LogP contribution in [0.5, 0.6) is 5.75 Å². The number of hydrogen-bond acceptors (Lipinski definition) is 3. The van der Waals surface area contributed by atoms with Crippen LogP contribution < -0.4 is 10.1 Å². The first kappa shape index (κ1) is 16.1. The molecule has 0 aromatic heterocycles. The first-order valence-electron chi connectivity index (χ1n) is 6.17. The van der Waals surface area contributed by atoms with E-state index in [0.29, 0.717) is 15.7 Å². The van der Waals surface area contributed by atoms with E-state index < -0.39 is 11.9 Å². The van der Waals surface area contributed by atoms with E-state index in [9.17, 15) is 9.59 Å². The van der Waals surface area contributed by atoms with E-state index in [1.54, 1.807) is 18.2 Å². The molecule has 0 saturated carbocycles. The molecule has 0 fully saturated rings. The summed E-state index contributed by atoms with van der Waals surface area (Å²) in [6.45, 7) is -0.339.